The van der Waals surface area contributed by atoms with E-state index < -0.39 is 0 Å². The summed E-state index contributed by atoms with van der Waals surface area (Å²) >= 11 is 5.98. The van der Waals surface area contributed by atoms with Crippen molar-refractivity contribution < 1.29 is 4.79 Å². The molecule has 0 bridgehead atoms. The van der Waals surface area contributed by atoms with Gasteiger partial charge in [-0.05, 0) is 49.4 Å². The Bertz CT molecular complexity index is 416. The molecule has 1 amide bonds. The lowest BCUT2D eigenvalue weighted by Crippen LogP contribution is -2.40. The SMILES string of the molecule is NC(=O)CCCNC1CC(c2cccc(Cl)c2)C1. The zero-order valence-electron chi connectivity index (χ0n) is 10.4. The molecule has 1 aliphatic rings. The van der Waals surface area contributed by atoms with Crippen molar-refractivity contribution in [2.75, 3.05) is 6.54 Å². The lowest BCUT2D eigenvalue weighted by atomic mass is 9.76. The van der Waals surface area contributed by atoms with Crippen LogP contribution >= 0.6 is 11.6 Å². The van der Waals surface area contributed by atoms with Gasteiger partial charge in [0.15, 0.2) is 0 Å². The van der Waals surface area contributed by atoms with Crippen LogP contribution in [0.5, 0.6) is 0 Å². The summed E-state index contributed by atoms with van der Waals surface area (Å²) in [7, 11) is 0. The third-order valence-electron chi connectivity index (χ3n) is 3.49. The molecule has 0 saturated heterocycles. The number of hydrogen-bond acceptors (Lipinski definition) is 2. The van der Waals surface area contributed by atoms with E-state index in [2.05, 4.69) is 17.4 Å². The molecule has 98 valence electrons. The maximum Gasteiger partial charge on any atom is 0.217 e. The van der Waals surface area contributed by atoms with Gasteiger partial charge < -0.3 is 11.1 Å². The molecule has 0 aromatic heterocycles. The van der Waals surface area contributed by atoms with E-state index in [9.17, 15) is 4.79 Å². The van der Waals surface area contributed by atoms with Crippen molar-refractivity contribution >= 4 is 17.5 Å². The molecular weight excluding hydrogens is 248 g/mol. The molecule has 3 nitrogen and oxygen atoms in total. The van der Waals surface area contributed by atoms with Gasteiger partial charge in [-0.2, -0.15) is 0 Å². The molecule has 1 aromatic carbocycles. The quantitative estimate of drug-likeness (QED) is 0.777. The summed E-state index contributed by atoms with van der Waals surface area (Å²) in [6.07, 6.45) is 3.60. The number of carbonyl (C=O) groups is 1. The molecule has 0 aliphatic heterocycles. The predicted molar refractivity (Wildman–Crippen MR) is 73.6 cm³/mol. The lowest BCUT2D eigenvalue weighted by Gasteiger charge is -2.36. The maximum absolute atomic E-state index is 10.6. The minimum absolute atomic E-state index is 0.220. The third kappa shape index (κ3) is 3.72. The molecule has 1 aromatic rings. The highest BCUT2D eigenvalue weighted by Crippen LogP contribution is 2.37. The van der Waals surface area contributed by atoms with Gasteiger partial charge in [0.25, 0.3) is 0 Å². The fourth-order valence-electron chi connectivity index (χ4n) is 2.39. The Labute approximate surface area is 113 Å². The Morgan fingerprint density at radius 3 is 2.89 bits per heavy atom. The summed E-state index contributed by atoms with van der Waals surface area (Å²) in [6.45, 7) is 0.871. The molecule has 0 spiro atoms. The zero-order valence-corrected chi connectivity index (χ0v) is 11.1. The number of carbonyl (C=O) groups excluding carboxylic acids is 1. The van der Waals surface area contributed by atoms with Crippen LogP contribution in [-0.4, -0.2) is 18.5 Å². The second-order valence-electron chi connectivity index (χ2n) is 4.94. The van der Waals surface area contributed by atoms with Gasteiger partial charge >= 0.3 is 0 Å². The van der Waals surface area contributed by atoms with Gasteiger partial charge in [0.2, 0.25) is 5.91 Å². The van der Waals surface area contributed by atoms with Crippen molar-refractivity contribution in [2.45, 2.75) is 37.6 Å². The van der Waals surface area contributed by atoms with Crippen molar-refractivity contribution in [3.05, 3.63) is 34.9 Å². The summed E-state index contributed by atoms with van der Waals surface area (Å²) in [4.78, 5) is 10.6. The molecule has 18 heavy (non-hydrogen) atoms. The van der Waals surface area contributed by atoms with Crippen LogP contribution in [0.15, 0.2) is 24.3 Å². The van der Waals surface area contributed by atoms with E-state index in [4.69, 9.17) is 17.3 Å². The highest BCUT2D eigenvalue weighted by molar-refractivity contribution is 6.30. The molecule has 0 heterocycles. The Balaban J connectivity index is 1.66. The molecule has 2 rings (SSSR count). The van der Waals surface area contributed by atoms with Crippen molar-refractivity contribution in [1.29, 1.82) is 0 Å². The van der Waals surface area contributed by atoms with Gasteiger partial charge in [-0.25, -0.2) is 0 Å². The van der Waals surface area contributed by atoms with Gasteiger partial charge in [-0.1, -0.05) is 23.7 Å². The highest BCUT2D eigenvalue weighted by Gasteiger charge is 2.29. The topological polar surface area (TPSA) is 55.1 Å². The van der Waals surface area contributed by atoms with E-state index >= 15 is 0 Å². The second-order valence-corrected chi connectivity index (χ2v) is 5.38. The summed E-state index contributed by atoms with van der Waals surface area (Å²) in [5, 5.41) is 4.26. The van der Waals surface area contributed by atoms with Gasteiger partial charge in [0, 0.05) is 17.5 Å². The third-order valence-corrected chi connectivity index (χ3v) is 3.73. The first-order chi connectivity index (χ1) is 8.65. The summed E-state index contributed by atoms with van der Waals surface area (Å²) in [5.74, 6) is 0.402. The zero-order chi connectivity index (χ0) is 13.0. The number of nitrogens with two attached hydrogens (primary N) is 1. The fraction of sp³-hybridized carbons (Fsp3) is 0.500. The molecule has 1 saturated carbocycles. The predicted octanol–water partition coefficient (Wildman–Crippen LogP) is 2.44. The van der Waals surface area contributed by atoms with Crippen LogP contribution in [0.2, 0.25) is 5.02 Å². The van der Waals surface area contributed by atoms with E-state index in [0.29, 0.717) is 18.4 Å². The van der Waals surface area contributed by atoms with Crippen molar-refractivity contribution in [2.24, 2.45) is 5.73 Å². The standard InChI is InChI=1S/C14H19ClN2O/c15-12-4-1-3-10(7-12)11-8-13(9-11)17-6-2-5-14(16)18/h1,3-4,7,11,13,17H,2,5-6,8-9H2,(H2,16,18). The number of halogens is 1. The van der Waals surface area contributed by atoms with E-state index in [-0.39, 0.29) is 5.91 Å². The Kier molecular flexibility index (Phi) is 4.61. The van der Waals surface area contributed by atoms with Gasteiger partial charge in [-0.15, -0.1) is 0 Å². The largest absolute Gasteiger partial charge is 0.370 e. The van der Waals surface area contributed by atoms with Crippen LogP contribution in [-0.2, 0) is 4.79 Å². The molecule has 4 heteroatoms. The highest BCUT2D eigenvalue weighted by atomic mass is 35.5. The summed E-state index contributed by atoms with van der Waals surface area (Å²) < 4.78 is 0. The monoisotopic (exact) mass is 266 g/mol. The van der Waals surface area contributed by atoms with Crippen molar-refractivity contribution in [3.8, 4) is 0 Å². The van der Waals surface area contributed by atoms with E-state index in [0.717, 1.165) is 30.8 Å². The Morgan fingerprint density at radius 1 is 1.44 bits per heavy atom. The molecule has 3 N–H and O–H groups in total. The maximum atomic E-state index is 10.6. The number of primary amides is 1. The molecule has 0 unspecified atom stereocenters. The molecule has 1 fully saturated rings. The van der Waals surface area contributed by atoms with E-state index in [1.54, 1.807) is 0 Å². The number of amides is 1. The summed E-state index contributed by atoms with van der Waals surface area (Å²) in [5.41, 5.74) is 6.42. The first-order valence-electron chi connectivity index (χ1n) is 6.42. The number of nitrogens with one attached hydrogen (secondary N) is 1. The molecule has 0 atom stereocenters. The number of benzene rings is 1. The minimum Gasteiger partial charge on any atom is -0.370 e. The average molecular weight is 267 g/mol. The van der Waals surface area contributed by atoms with Crippen LogP contribution in [0, 0.1) is 0 Å². The van der Waals surface area contributed by atoms with Crippen LogP contribution in [0.1, 0.15) is 37.2 Å². The molecule has 1 aliphatic carbocycles. The van der Waals surface area contributed by atoms with Crippen molar-refractivity contribution in [1.82, 2.24) is 5.32 Å². The van der Waals surface area contributed by atoms with Crippen LogP contribution in [0.4, 0.5) is 0 Å². The first kappa shape index (κ1) is 13.4. The van der Waals surface area contributed by atoms with E-state index in [1.165, 1.54) is 5.56 Å². The Hall–Kier alpha value is -1.06. The Morgan fingerprint density at radius 2 is 2.22 bits per heavy atom. The summed E-state index contributed by atoms with van der Waals surface area (Å²) in [6, 6.07) is 8.67. The van der Waals surface area contributed by atoms with E-state index in [1.807, 2.05) is 12.1 Å². The molecular formula is C14H19ClN2O. The van der Waals surface area contributed by atoms with Crippen LogP contribution in [0.3, 0.4) is 0 Å². The lowest BCUT2D eigenvalue weighted by molar-refractivity contribution is -0.118. The second kappa shape index (κ2) is 6.21. The van der Waals surface area contributed by atoms with Gasteiger partial charge in [-0.3, -0.25) is 4.79 Å². The van der Waals surface area contributed by atoms with Crippen LogP contribution < -0.4 is 11.1 Å². The van der Waals surface area contributed by atoms with Crippen LogP contribution in [0.25, 0.3) is 0 Å². The smallest absolute Gasteiger partial charge is 0.217 e. The van der Waals surface area contributed by atoms with Crippen molar-refractivity contribution in [3.63, 3.8) is 0 Å². The number of hydrogen-bond donors (Lipinski definition) is 2. The first-order valence-corrected chi connectivity index (χ1v) is 6.80. The molecule has 0 radical (unpaired) electrons. The minimum atomic E-state index is -0.220. The fourth-order valence-corrected chi connectivity index (χ4v) is 2.58. The normalized spacial score (nSPS) is 22.5. The van der Waals surface area contributed by atoms with Gasteiger partial charge in [0.1, 0.15) is 0 Å². The van der Waals surface area contributed by atoms with Gasteiger partial charge in [0.05, 0.1) is 0 Å². The number of rotatable bonds is 6. The average Bonchev–Trinajstić information content (AvgIpc) is 2.25.